The Bertz CT molecular complexity index is 717. The van der Waals surface area contributed by atoms with Gasteiger partial charge in [0.05, 0.1) is 34.9 Å². The van der Waals surface area contributed by atoms with Gasteiger partial charge in [-0.15, -0.1) is 0 Å². The molecule has 1 N–H and O–H groups in total. The summed E-state index contributed by atoms with van der Waals surface area (Å²) in [7, 11) is -1.66. The summed E-state index contributed by atoms with van der Waals surface area (Å²) < 4.78 is 27.4. The van der Waals surface area contributed by atoms with E-state index >= 15 is 0 Å². The van der Waals surface area contributed by atoms with Crippen molar-refractivity contribution >= 4 is 39.0 Å². The molecule has 1 saturated heterocycles. The number of nitrogens with one attached hydrogen (secondary N) is 1. The number of ether oxygens (including phenoxy) is 1. The molecule has 8 heteroatoms. The Morgan fingerprint density at radius 3 is 2.74 bits per heavy atom. The Balaban J connectivity index is 1.93. The van der Waals surface area contributed by atoms with Gasteiger partial charge in [-0.3, -0.25) is 4.79 Å². The summed E-state index contributed by atoms with van der Waals surface area (Å²) in [5.74, 6) is -0.403. The lowest BCUT2D eigenvalue weighted by Gasteiger charge is -2.10. The zero-order valence-electron chi connectivity index (χ0n) is 12.7. The molecule has 1 unspecified atom stereocenters. The van der Waals surface area contributed by atoms with Crippen LogP contribution in [0.3, 0.4) is 0 Å². The van der Waals surface area contributed by atoms with E-state index in [0.717, 1.165) is 0 Å². The number of carbonyl (C=O) groups is 2. The number of halogens is 1. The number of hydrogen-bond donors (Lipinski definition) is 1. The minimum atomic E-state index is -2.93. The summed E-state index contributed by atoms with van der Waals surface area (Å²) in [5, 5.41) is 2.96. The molecule has 1 aromatic rings. The first-order valence-corrected chi connectivity index (χ1v) is 9.39. The van der Waals surface area contributed by atoms with E-state index in [0.29, 0.717) is 23.6 Å². The van der Waals surface area contributed by atoms with Crippen LogP contribution in [0.2, 0.25) is 5.02 Å². The van der Waals surface area contributed by atoms with Gasteiger partial charge in [0.25, 0.3) is 0 Å². The third-order valence-electron chi connectivity index (χ3n) is 3.77. The molecule has 6 nitrogen and oxygen atoms in total. The fourth-order valence-corrected chi connectivity index (χ4v) is 4.59. The van der Waals surface area contributed by atoms with Gasteiger partial charge in [-0.25, -0.2) is 13.2 Å². The smallest absolute Gasteiger partial charge is 0.337 e. The van der Waals surface area contributed by atoms with Gasteiger partial charge in [-0.05, 0) is 37.0 Å². The first-order chi connectivity index (χ1) is 10.8. The molecule has 1 atom stereocenters. The van der Waals surface area contributed by atoms with Crippen molar-refractivity contribution in [1.29, 1.82) is 0 Å². The Labute approximate surface area is 140 Å². The summed E-state index contributed by atoms with van der Waals surface area (Å²) >= 11 is 6.01. The van der Waals surface area contributed by atoms with Crippen molar-refractivity contribution in [2.75, 3.05) is 23.9 Å². The molecule has 1 aromatic carbocycles. The minimum absolute atomic E-state index is 0.0302. The van der Waals surface area contributed by atoms with Gasteiger partial charge in [0.1, 0.15) is 0 Å². The van der Waals surface area contributed by atoms with Crippen LogP contribution in [0.1, 0.15) is 29.6 Å². The van der Waals surface area contributed by atoms with Crippen LogP contribution >= 0.6 is 11.6 Å². The standard InChI is InChI=1S/C15H18ClNO5S/c1-22-15(19)11-3-4-12(16)13(8-11)17-14(18)5-2-10-6-7-23(20,21)9-10/h3-4,8,10H,2,5-7,9H2,1H3,(H,17,18). The second-order valence-electron chi connectivity index (χ2n) is 5.54. The fraction of sp³-hybridized carbons (Fsp3) is 0.467. The van der Waals surface area contributed by atoms with E-state index in [1.165, 1.54) is 25.3 Å². The first-order valence-electron chi connectivity index (χ1n) is 7.19. The third kappa shape index (κ3) is 4.94. The van der Waals surface area contributed by atoms with Crippen molar-refractivity contribution in [3.8, 4) is 0 Å². The highest BCUT2D eigenvalue weighted by Gasteiger charge is 2.27. The van der Waals surface area contributed by atoms with Gasteiger partial charge in [0, 0.05) is 6.42 Å². The van der Waals surface area contributed by atoms with E-state index in [1.807, 2.05) is 0 Å². The monoisotopic (exact) mass is 359 g/mol. The van der Waals surface area contributed by atoms with Crippen molar-refractivity contribution in [2.45, 2.75) is 19.3 Å². The van der Waals surface area contributed by atoms with Crippen LogP contribution in [0.4, 0.5) is 5.69 Å². The Morgan fingerprint density at radius 1 is 1.39 bits per heavy atom. The van der Waals surface area contributed by atoms with Gasteiger partial charge < -0.3 is 10.1 Å². The highest BCUT2D eigenvalue weighted by atomic mass is 35.5. The molecule has 1 heterocycles. The minimum Gasteiger partial charge on any atom is -0.465 e. The fourth-order valence-electron chi connectivity index (χ4n) is 2.51. The van der Waals surface area contributed by atoms with E-state index in [9.17, 15) is 18.0 Å². The van der Waals surface area contributed by atoms with Gasteiger partial charge in [0.15, 0.2) is 9.84 Å². The number of rotatable bonds is 5. The average Bonchev–Trinajstić information content (AvgIpc) is 2.86. The highest BCUT2D eigenvalue weighted by Crippen LogP contribution is 2.25. The van der Waals surface area contributed by atoms with Crippen LogP contribution in [0, 0.1) is 5.92 Å². The SMILES string of the molecule is COC(=O)c1ccc(Cl)c(NC(=O)CCC2CCS(=O)(=O)C2)c1. The number of hydrogen-bond acceptors (Lipinski definition) is 5. The Hall–Kier alpha value is -1.60. The van der Waals surface area contributed by atoms with Crippen molar-refractivity contribution in [2.24, 2.45) is 5.92 Å². The molecule has 0 aliphatic carbocycles. The lowest BCUT2D eigenvalue weighted by molar-refractivity contribution is -0.116. The summed E-state index contributed by atoms with van der Waals surface area (Å²) in [5.41, 5.74) is 0.618. The van der Waals surface area contributed by atoms with E-state index in [1.54, 1.807) is 0 Å². The van der Waals surface area contributed by atoms with Crippen LogP contribution < -0.4 is 5.32 Å². The molecule has 23 heavy (non-hydrogen) atoms. The zero-order valence-corrected chi connectivity index (χ0v) is 14.2. The number of sulfone groups is 1. The molecule has 1 aliphatic rings. The second kappa shape index (κ2) is 7.31. The molecule has 126 valence electrons. The van der Waals surface area contributed by atoms with Gasteiger partial charge in [-0.2, -0.15) is 0 Å². The topological polar surface area (TPSA) is 89.5 Å². The molecule has 2 rings (SSSR count). The molecular weight excluding hydrogens is 342 g/mol. The molecule has 1 amide bonds. The second-order valence-corrected chi connectivity index (χ2v) is 8.18. The first kappa shape index (κ1) is 17.7. The summed E-state index contributed by atoms with van der Waals surface area (Å²) in [6.07, 6.45) is 1.33. The Morgan fingerprint density at radius 2 is 2.13 bits per heavy atom. The number of esters is 1. The molecule has 0 aromatic heterocycles. The zero-order chi connectivity index (χ0) is 17.0. The normalized spacial score (nSPS) is 19.3. The average molecular weight is 360 g/mol. The largest absolute Gasteiger partial charge is 0.465 e. The van der Waals surface area contributed by atoms with Crippen molar-refractivity contribution in [3.63, 3.8) is 0 Å². The number of amides is 1. The van der Waals surface area contributed by atoms with Crippen molar-refractivity contribution in [3.05, 3.63) is 28.8 Å². The third-order valence-corrected chi connectivity index (χ3v) is 5.93. The predicted octanol–water partition coefficient (Wildman–Crippen LogP) is 2.28. The van der Waals surface area contributed by atoms with Gasteiger partial charge in [-0.1, -0.05) is 11.6 Å². The molecule has 1 aliphatic heterocycles. The molecule has 0 radical (unpaired) electrons. The van der Waals surface area contributed by atoms with Crippen LogP contribution in [0.5, 0.6) is 0 Å². The maximum Gasteiger partial charge on any atom is 0.337 e. The molecule has 0 spiro atoms. The number of carbonyl (C=O) groups excluding carboxylic acids is 2. The van der Waals surface area contributed by atoms with Gasteiger partial charge in [0.2, 0.25) is 5.91 Å². The number of methoxy groups -OCH3 is 1. The summed E-state index contributed by atoms with van der Waals surface area (Å²) in [6, 6.07) is 4.46. The molecular formula is C15H18ClNO5S. The lowest BCUT2D eigenvalue weighted by atomic mass is 10.0. The molecule has 1 fully saturated rings. The van der Waals surface area contributed by atoms with Crippen molar-refractivity contribution < 1.29 is 22.7 Å². The van der Waals surface area contributed by atoms with Crippen LogP contribution in [0.15, 0.2) is 18.2 Å². The van der Waals surface area contributed by atoms with E-state index in [-0.39, 0.29) is 35.3 Å². The lowest BCUT2D eigenvalue weighted by Crippen LogP contribution is -2.15. The van der Waals surface area contributed by atoms with Crippen LogP contribution in [-0.2, 0) is 19.4 Å². The number of anilines is 1. The van der Waals surface area contributed by atoms with Crippen LogP contribution in [0.25, 0.3) is 0 Å². The van der Waals surface area contributed by atoms with Gasteiger partial charge >= 0.3 is 5.97 Å². The maximum atomic E-state index is 12.0. The Kier molecular flexibility index (Phi) is 5.64. The van der Waals surface area contributed by atoms with E-state index in [2.05, 4.69) is 10.1 Å². The summed E-state index contributed by atoms with van der Waals surface area (Å²) in [6.45, 7) is 0. The van der Waals surface area contributed by atoms with Crippen LogP contribution in [-0.4, -0.2) is 38.9 Å². The van der Waals surface area contributed by atoms with E-state index in [4.69, 9.17) is 11.6 Å². The predicted molar refractivity (Wildman–Crippen MR) is 87.4 cm³/mol. The molecule has 0 saturated carbocycles. The molecule has 0 bridgehead atoms. The maximum absolute atomic E-state index is 12.0. The quantitative estimate of drug-likeness (QED) is 0.814. The highest BCUT2D eigenvalue weighted by molar-refractivity contribution is 7.91. The van der Waals surface area contributed by atoms with E-state index < -0.39 is 15.8 Å². The van der Waals surface area contributed by atoms with Crippen molar-refractivity contribution in [1.82, 2.24) is 0 Å². The number of benzene rings is 1. The summed E-state index contributed by atoms with van der Waals surface area (Å²) in [4.78, 5) is 23.5.